The van der Waals surface area contributed by atoms with E-state index in [1.165, 1.54) is 17.5 Å². The molecule has 24 heavy (non-hydrogen) atoms. The number of rotatable bonds is 6. The molecule has 1 N–H and O–H groups in total. The standard InChI is InChI=1S/C20H21NO2S/c1-24-18-9-7-17(8-10-18)21-20(23)12-11-19(22)16-6-5-14-3-2-4-15(14)13-16/h5-10,13H,2-4,11-12H2,1H3,(H,21,23). The van der Waals surface area contributed by atoms with E-state index < -0.39 is 0 Å². The van der Waals surface area contributed by atoms with Crippen molar-refractivity contribution in [2.45, 2.75) is 37.0 Å². The van der Waals surface area contributed by atoms with Crippen molar-refractivity contribution in [3.8, 4) is 0 Å². The number of hydrogen-bond donors (Lipinski definition) is 1. The highest BCUT2D eigenvalue weighted by molar-refractivity contribution is 7.98. The number of anilines is 1. The van der Waals surface area contributed by atoms with E-state index in [9.17, 15) is 9.59 Å². The monoisotopic (exact) mass is 339 g/mol. The topological polar surface area (TPSA) is 46.2 Å². The van der Waals surface area contributed by atoms with Crippen LogP contribution in [0.2, 0.25) is 0 Å². The Morgan fingerprint density at radius 1 is 1.00 bits per heavy atom. The molecule has 0 aromatic heterocycles. The first-order valence-corrected chi connectivity index (χ1v) is 9.47. The minimum atomic E-state index is -0.124. The highest BCUT2D eigenvalue weighted by atomic mass is 32.2. The van der Waals surface area contributed by atoms with E-state index >= 15 is 0 Å². The molecular formula is C20H21NO2S. The van der Waals surface area contributed by atoms with Crippen molar-refractivity contribution >= 4 is 29.1 Å². The van der Waals surface area contributed by atoms with E-state index in [1.54, 1.807) is 11.8 Å². The highest BCUT2D eigenvalue weighted by Crippen LogP contribution is 2.23. The zero-order valence-electron chi connectivity index (χ0n) is 13.8. The van der Waals surface area contributed by atoms with Crippen molar-refractivity contribution in [2.75, 3.05) is 11.6 Å². The van der Waals surface area contributed by atoms with Crippen LogP contribution in [0.3, 0.4) is 0 Å². The van der Waals surface area contributed by atoms with Crippen molar-refractivity contribution in [2.24, 2.45) is 0 Å². The number of Topliss-reactive ketones (excluding diaryl/α,β-unsaturated/α-hetero) is 1. The van der Waals surface area contributed by atoms with Gasteiger partial charge in [-0.3, -0.25) is 9.59 Å². The molecule has 124 valence electrons. The summed E-state index contributed by atoms with van der Waals surface area (Å²) in [7, 11) is 0. The maximum atomic E-state index is 12.3. The lowest BCUT2D eigenvalue weighted by atomic mass is 10.0. The van der Waals surface area contributed by atoms with Gasteiger partial charge in [0.2, 0.25) is 5.91 Å². The number of carbonyl (C=O) groups excluding carboxylic acids is 2. The van der Waals surface area contributed by atoms with E-state index in [-0.39, 0.29) is 24.5 Å². The lowest BCUT2D eigenvalue weighted by Gasteiger charge is -2.07. The Kier molecular flexibility index (Phi) is 5.36. The van der Waals surface area contributed by atoms with Crippen LogP contribution in [0.25, 0.3) is 0 Å². The maximum absolute atomic E-state index is 12.3. The van der Waals surface area contributed by atoms with Gasteiger partial charge in [-0.25, -0.2) is 0 Å². The second kappa shape index (κ2) is 7.67. The van der Waals surface area contributed by atoms with Gasteiger partial charge in [-0.15, -0.1) is 11.8 Å². The number of aryl methyl sites for hydroxylation is 2. The first kappa shape index (κ1) is 16.8. The SMILES string of the molecule is CSc1ccc(NC(=O)CCC(=O)c2ccc3c(c2)CCC3)cc1. The van der Waals surface area contributed by atoms with Gasteiger partial charge in [-0.1, -0.05) is 12.1 Å². The van der Waals surface area contributed by atoms with Crippen molar-refractivity contribution < 1.29 is 9.59 Å². The molecule has 3 nitrogen and oxygen atoms in total. The van der Waals surface area contributed by atoms with Gasteiger partial charge in [0.1, 0.15) is 0 Å². The predicted molar refractivity (Wildman–Crippen MR) is 98.9 cm³/mol. The summed E-state index contributed by atoms with van der Waals surface area (Å²) in [5.74, 6) is -0.0843. The first-order chi connectivity index (χ1) is 11.7. The fraction of sp³-hybridized carbons (Fsp3) is 0.300. The molecule has 0 aliphatic heterocycles. The minimum absolute atomic E-state index is 0.0394. The molecule has 3 rings (SSSR count). The molecule has 0 unspecified atom stereocenters. The molecule has 1 amide bonds. The Balaban J connectivity index is 1.52. The van der Waals surface area contributed by atoms with Gasteiger partial charge in [0.15, 0.2) is 5.78 Å². The van der Waals surface area contributed by atoms with Gasteiger partial charge < -0.3 is 5.32 Å². The second-order valence-corrected chi connectivity index (χ2v) is 6.92. The van der Waals surface area contributed by atoms with Gasteiger partial charge in [0, 0.05) is 29.0 Å². The first-order valence-electron chi connectivity index (χ1n) is 8.24. The van der Waals surface area contributed by atoms with E-state index in [0.29, 0.717) is 0 Å². The van der Waals surface area contributed by atoms with Gasteiger partial charge in [-0.05, 0) is 67.0 Å². The Morgan fingerprint density at radius 2 is 1.75 bits per heavy atom. The summed E-state index contributed by atoms with van der Waals surface area (Å²) in [6, 6.07) is 13.7. The predicted octanol–water partition coefficient (Wildman–Crippen LogP) is 4.50. The fourth-order valence-electron chi connectivity index (χ4n) is 3.01. The smallest absolute Gasteiger partial charge is 0.224 e. The largest absolute Gasteiger partial charge is 0.326 e. The number of thioether (sulfide) groups is 1. The number of hydrogen-bond acceptors (Lipinski definition) is 3. The zero-order valence-corrected chi connectivity index (χ0v) is 14.6. The fourth-order valence-corrected chi connectivity index (χ4v) is 3.42. The number of carbonyl (C=O) groups is 2. The van der Waals surface area contributed by atoms with Gasteiger partial charge in [0.25, 0.3) is 0 Å². The van der Waals surface area contributed by atoms with Crippen molar-refractivity contribution in [3.05, 3.63) is 59.2 Å². The molecule has 0 spiro atoms. The molecule has 2 aromatic carbocycles. The summed E-state index contributed by atoms with van der Waals surface area (Å²) in [4.78, 5) is 25.5. The summed E-state index contributed by atoms with van der Waals surface area (Å²) in [6.07, 6.45) is 5.81. The number of benzene rings is 2. The van der Waals surface area contributed by atoms with E-state index in [4.69, 9.17) is 0 Å². The summed E-state index contributed by atoms with van der Waals surface area (Å²) >= 11 is 1.66. The number of ketones is 1. The zero-order chi connectivity index (χ0) is 16.9. The van der Waals surface area contributed by atoms with Crippen molar-refractivity contribution in [1.29, 1.82) is 0 Å². The molecule has 0 heterocycles. The van der Waals surface area contributed by atoms with Gasteiger partial charge in [0.05, 0.1) is 0 Å². The lowest BCUT2D eigenvalue weighted by molar-refractivity contribution is -0.116. The Bertz CT molecular complexity index is 753. The average molecular weight is 339 g/mol. The Hall–Kier alpha value is -2.07. The average Bonchev–Trinajstić information content (AvgIpc) is 3.08. The summed E-state index contributed by atoms with van der Waals surface area (Å²) < 4.78 is 0. The molecule has 4 heteroatoms. The maximum Gasteiger partial charge on any atom is 0.224 e. The molecule has 2 aromatic rings. The van der Waals surface area contributed by atoms with Crippen LogP contribution in [0.15, 0.2) is 47.4 Å². The molecule has 0 saturated heterocycles. The van der Waals surface area contributed by atoms with Crippen LogP contribution in [0.5, 0.6) is 0 Å². The van der Waals surface area contributed by atoms with Crippen LogP contribution >= 0.6 is 11.8 Å². The molecule has 0 atom stereocenters. The molecular weight excluding hydrogens is 318 g/mol. The highest BCUT2D eigenvalue weighted by Gasteiger charge is 2.15. The van der Waals surface area contributed by atoms with Crippen LogP contribution in [0.1, 0.15) is 40.7 Å². The van der Waals surface area contributed by atoms with Crippen LogP contribution in [0.4, 0.5) is 5.69 Å². The van der Waals surface area contributed by atoms with E-state index in [1.807, 2.05) is 42.7 Å². The van der Waals surface area contributed by atoms with E-state index in [0.717, 1.165) is 29.0 Å². The molecule has 0 bridgehead atoms. The Labute approximate surface area is 146 Å². The third kappa shape index (κ3) is 4.06. The van der Waals surface area contributed by atoms with Crippen molar-refractivity contribution in [1.82, 2.24) is 0 Å². The number of fused-ring (bicyclic) bond motifs is 1. The second-order valence-electron chi connectivity index (χ2n) is 6.04. The summed E-state index contributed by atoms with van der Waals surface area (Å²) in [6.45, 7) is 0. The third-order valence-corrected chi connectivity index (χ3v) is 5.12. The lowest BCUT2D eigenvalue weighted by Crippen LogP contribution is -2.13. The summed E-state index contributed by atoms with van der Waals surface area (Å²) in [5, 5.41) is 2.84. The molecule has 0 saturated carbocycles. The quantitative estimate of drug-likeness (QED) is 0.622. The minimum Gasteiger partial charge on any atom is -0.326 e. The van der Waals surface area contributed by atoms with Crippen molar-refractivity contribution in [3.63, 3.8) is 0 Å². The van der Waals surface area contributed by atoms with Crippen LogP contribution < -0.4 is 5.32 Å². The molecule has 0 radical (unpaired) electrons. The molecule has 1 aliphatic rings. The molecule has 1 aliphatic carbocycles. The van der Waals surface area contributed by atoms with Crippen LogP contribution in [0, 0.1) is 0 Å². The Morgan fingerprint density at radius 3 is 2.50 bits per heavy atom. The van der Waals surface area contributed by atoms with Gasteiger partial charge in [-0.2, -0.15) is 0 Å². The van der Waals surface area contributed by atoms with Gasteiger partial charge >= 0.3 is 0 Å². The number of amides is 1. The number of nitrogens with one attached hydrogen (secondary N) is 1. The van der Waals surface area contributed by atoms with E-state index in [2.05, 4.69) is 11.4 Å². The third-order valence-electron chi connectivity index (χ3n) is 4.37. The van der Waals surface area contributed by atoms with Crippen LogP contribution in [-0.4, -0.2) is 17.9 Å². The summed E-state index contributed by atoms with van der Waals surface area (Å²) in [5.41, 5.74) is 4.15. The normalized spacial score (nSPS) is 12.7. The molecule has 0 fully saturated rings. The van der Waals surface area contributed by atoms with Crippen LogP contribution in [-0.2, 0) is 17.6 Å².